The zero-order chi connectivity index (χ0) is 18.1. The molecular formula is C20H21N3O2S. The highest BCUT2D eigenvalue weighted by atomic mass is 32.1. The Morgan fingerprint density at radius 1 is 1.31 bits per heavy atom. The van der Waals surface area contributed by atoms with Crippen LogP contribution in [0.2, 0.25) is 0 Å². The topological polar surface area (TPSA) is 68.5 Å². The van der Waals surface area contributed by atoms with E-state index in [4.69, 9.17) is 10.5 Å². The second-order valence-electron chi connectivity index (χ2n) is 6.49. The average molecular weight is 369 g/mol. The smallest absolute Gasteiger partial charge is 0.410 e. The Morgan fingerprint density at radius 2 is 2.12 bits per heavy atom. The minimum atomic E-state index is -0.255. The van der Waals surface area contributed by atoms with Crippen molar-refractivity contribution in [3.05, 3.63) is 59.2 Å². The van der Waals surface area contributed by atoms with Crippen LogP contribution >= 0.6 is 11.3 Å². The molecule has 0 fully saturated rings. The van der Waals surface area contributed by atoms with Gasteiger partial charge in [0.2, 0.25) is 0 Å². The van der Waals surface area contributed by atoms with Crippen LogP contribution in [0.25, 0.3) is 10.2 Å². The number of nitrogen functional groups attached to an aromatic ring is 1. The molecule has 4 rings (SSSR count). The largest absolute Gasteiger partial charge is 0.445 e. The molecule has 2 N–H and O–H groups in total. The third kappa shape index (κ3) is 3.12. The number of ether oxygens (including phenoxy) is 1. The molecule has 0 bridgehead atoms. The van der Waals surface area contributed by atoms with Gasteiger partial charge in [-0.1, -0.05) is 47.7 Å². The van der Waals surface area contributed by atoms with Crippen molar-refractivity contribution in [1.29, 1.82) is 0 Å². The number of benzene rings is 2. The maximum Gasteiger partial charge on any atom is 0.410 e. The van der Waals surface area contributed by atoms with Gasteiger partial charge in [0, 0.05) is 12.6 Å². The van der Waals surface area contributed by atoms with Crippen LogP contribution in [0.15, 0.2) is 42.5 Å². The summed E-state index contributed by atoms with van der Waals surface area (Å²) >= 11 is 1.53. The summed E-state index contributed by atoms with van der Waals surface area (Å²) in [7, 11) is 0. The van der Waals surface area contributed by atoms with Crippen molar-refractivity contribution in [1.82, 2.24) is 9.88 Å². The van der Waals surface area contributed by atoms with E-state index in [0.29, 0.717) is 18.3 Å². The predicted octanol–water partition coefficient (Wildman–Crippen LogP) is 4.00. The fourth-order valence-electron chi connectivity index (χ4n) is 3.64. The van der Waals surface area contributed by atoms with Crippen molar-refractivity contribution in [3.63, 3.8) is 0 Å². The fraction of sp³-hybridized carbons (Fsp3) is 0.300. The number of hydrogen-bond acceptors (Lipinski definition) is 5. The maximum atomic E-state index is 12.6. The fourth-order valence-corrected chi connectivity index (χ4v) is 4.55. The van der Waals surface area contributed by atoms with Crippen LogP contribution in [0, 0.1) is 0 Å². The van der Waals surface area contributed by atoms with Crippen molar-refractivity contribution in [2.24, 2.45) is 0 Å². The minimum Gasteiger partial charge on any atom is -0.445 e. The van der Waals surface area contributed by atoms with Gasteiger partial charge in [0.25, 0.3) is 0 Å². The highest BCUT2D eigenvalue weighted by molar-refractivity contribution is 7.22. The lowest BCUT2D eigenvalue weighted by Gasteiger charge is -2.26. The van der Waals surface area contributed by atoms with E-state index in [9.17, 15) is 4.79 Å². The number of nitrogens with two attached hydrogens (primary N) is 1. The van der Waals surface area contributed by atoms with E-state index in [0.717, 1.165) is 28.6 Å². The Labute approximate surface area is 156 Å². The molecule has 1 heterocycles. The molecule has 0 saturated carbocycles. The molecule has 1 aliphatic carbocycles. The van der Waals surface area contributed by atoms with Crippen molar-refractivity contribution in [3.8, 4) is 0 Å². The Balaban J connectivity index is 1.48. The Bertz CT molecular complexity index is 939. The van der Waals surface area contributed by atoms with Crippen molar-refractivity contribution >= 4 is 32.8 Å². The first-order chi connectivity index (χ1) is 12.7. The first kappa shape index (κ1) is 16.8. The maximum absolute atomic E-state index is 12.6. The lowest BCUT2D eigenvalue weighted by Crippen LogP contribution is -2.41. The van der Waals surface area contributed by atoms with E-state index in [2.05, 4.69) is 11.1 Å². The van der Waals surface area contributed by atoms with Gasteiger partial charge >= 0.3 is 6.09 Å². The first-order valence-electron chi connectivity index (χ1n) is 8.79. The summed E-state index contributed by atoms with van der Waals surface area (Å²) in [4.78, 5) is 18.8. The summed E-state index contributed by atoms with van der Waals surface area (Å²) in [5.74, 6) is 0. The zero-order valence-corrected chi connectivity index (χ0v) is 15.5. The molecule has 1 atom stereocenters. The number of aromatic nitrogens is 1. The number of carbonyl (C=O) groups is 1. The van der Waals surface area contributed by atoms with Gasteiger partial charge in [-0.3, -0.25) is 0 Å². The van der Waals surface area contributed by atoms with E-state index in [-0.39, 0.29) is 12.1 Å². The number of rotatable bonds is 4. The minimum absolute atomic E-state index is 0.118. The normalized spacial score (nSPS) is 15.8. The van der Waals surface area contributed by atoms with Crippen molar-refractivity contribution < 1.29 is 9.53 Å². The van der Waals surface area contributed by atoms with Crippen LogP contribution < -0.4 is 5.73 Å². The molecule has 0 spiro atoms. The number of carbonyl (C=O) groups excluding carboxylic acids is 1. The van der Waals surface area contributed by atoms with E-state index < -0.39 is 0 Å². The Kier molecular flexibility index (Phi) is 4.51. The number of likely N-dealkylation sites (N-methyl/N-ethyl adjacent to an activating group) is 1. The number of anilines is 1. The van der Waals surface area contributed by atoms with Gasteiger partial charge in [-0.25, -0.2) is 9.78 Å². The molecule has 2 aromatic carbocycles. The summed E-state index contributed by atoms with van der Waals surface area (Å²) < 4.78 is 6.69. The van der Waals surface area contributed by atoms with Gasteiger partial charge in [-0.15, -0.1) is 0 Å². The predicted molar refractivity (Wildman–Crippen MR) is 104 cm³/mol. The van der Waals surface area contributed by atoms with Crippen LogP contribution in [-0.2, 0) is 24.2 Å². The second-order valence-corrected chi connectivity index (χ2v) is 7.52. The van der Waals surface area contributed by atoms with Gasteiger partial charge in [0.1, 0.15) is 6.61 Å². The Hall–Kier alpha value is -2.60. The molecule has 3 aromatic rings. The van der Waals surface area contributed by atoms with Crippen LogP contribution in [0.1, 0.15) is 23.6 Å². The number of thiazole rings is 1. The third-order valence-corrected chi connectivity index (χ3v) is 5.85. The van der Waals surface area contributed by atoms with Crippen LogP contribution in [0.3, 0.4) is 0 Å². The highest BCUT2D eigenvalue weighted by Gasteiger charge is 2.31. The average Bonchev–Trinajstić information content (AvgIpc) is 3.24. The molecule has 1 aromatic heterocycles. The monoisotopic (exact) mass is 369 g/mol. The summed E-state index contributed by atoms with van der Waals surface area (Å²) in [6.45, 7) is 2.92. The van der Waals surface area contributed by atoms with E-state index in [1.54, 1.807) is 0 Å². The second kappa shape index (κ2) is 6.96. The molecule has 134 valence electrons. The van der Waals surface area contributed by atoms with Gasteiger partial charge in [-0.2, -0.15) is 0 Å². The van der Waals surface area contributed by atoms with Gasteiger partial charge in [0.05, 0.1) is 10.2 Å². The van der Waals surface area contributed by atoms with Crippen molar-refractivity contribution in [2.45, 2.75) is 32.4 Å². The molecule has 0 saturated heterocycles. The molecule has 1 amide bonds. The van der Waals surface area contributed by atoms with Crippen LogP contribution in [0.5, 0.6) is 0 Å². The molecule has 0 unspecified atom stereocenters. The van der Waals surface area contributed by atoms with E-state index >= 15 is 0 Å². The van der Waals surface area contributed by atoms with Crippen LogP contribution in [-0.4, -0.2) is 28.6 Å². The summed E-state index contributed by atoms with van der Waals surface area (Å²) in [5.41, 5.74) is 10.4. The number of amides is 1. The number of hydrogen-bond donors (Lipinski definition) is 1. The molecule has 0 aliphatic heterocycles. The zero-order valence-electron chi connectivity index (χ0n) is 14.6. The lowest BCUT2D eigenvalue weighted by atomic mass is 10.1. The standard InChI is InChI=1S/C20H21N3O2S/c1-2-23(20(24)25-12-13-6-4-3-5-7-13)15-10-14-8-9-17-18(16(14)11-15)26-19(21)22-17/h3-9,15H,2,10-12H2,1H3,(H2,21,22)/t15-/m0/s1/i19+2. The number of nitrogens with zero attached hydrogens (tertiary/aromatic N) is 2. The summed E-state index contributed by atoms with van der Waals surface area (Å²) in [6.07, 6.45) is 1.41. The molecular weight excluding hydrogens is 348 g/mol. The van der Waals surface area contributed by atoms with Gasteiger partial charge in [-0.05, 0) is 42.5 Å². The van der Waals surface area contributed by atoms with E-state index in [1.807, 2.05) is 48.2 Å². The van der Waals surface area contributed by atoms with E-state index in [1.165, 1.54) is 22.5 Å². The molecule has 1 aliphatic rings. The molecule has 26 heavy (non-hydrogen) atoms. The third-order valence-electron chi connectivity index (χ3n) is 4.89. The van der Waals surface area contributed by atoms with Gasteiger partial charge < -0.3 is 15.4 Å². The number of fused-ring (bicyclic) bond motifs is 3. The van der Waals surface area contributed by atoms with Gasteiger partial charge in [0.15, 0.2) is 5.13 Å². The molecule has 6 heteroatoms. The van der Waals surface area contributed by atoms with Crippen LogP contribution in [0.4, 0.5) is 9.93 Å². The highest BCUT2D eigenvalue weighted by Crippen LogP contribution is 2.36. The van der Waals surface area contributed by atoms with Crippen molar-refractivity contribution in [2.75, 3.05) is 12.3 Å². The first-order valence-corrected chi connectivity index (χ1v) is 9.61. The quantitative estimate of drug-likeness (QED) is 0.755. The Morgan fingerprint density at radius 3 is 2.88 bits per heavy atom. The summed E-state index contributed by atoms with van der Waals surface area (Å²) in [6, 6.07) is 14.0. The lowest BCUT2D eigenvalue weighted by molar-refractivity contribution is 0.0840. The SMILES string of the molecule is CCN(C(=O)OCc1ccccc1)[C@H]1Cc2ccc3n[14c](N)sc3c2C1. The molecule has 5 nitrogen and oxygen atoms in total. The molecule has 0 radical (unpaired) electrons. The summed E-state index contributed by atoms with van der Waals surface area (Å²) in [5, 5.41) is 0.589.